The standard InChI is InChI=1S/C19H27FN4O5S/c1-11-6-7-14(20)15(12(11)2)13(3)16(17-21-22-18(25)29-17)23-30(27,28)24-9-5-8-19(4,26)10-24/h6-7,13,16,23,26H,5,8-10H2,1-4H3,(H,22,25)/t13-,16-,19-/m0/s1. The average molecular weight is 443 g/mol. The third-order valence-electron chi connectivity index (χ3n) is 5.66. The second-order valence-corrected chi connectivity index (χ2v) is 9.88. The number of hydrogen-bond donors (Lipinski definition) is 3. The molecule has 2 heterocycles. The van der Waals surface area contributed by atoms with E-state index in [-0.39, 0.29) is 19.0 Å². The summed E-state index contributed by atoms with van der Waals surface area (Å²) >= 11 is 0. The number of rotatable bonds is 6. The van der Waals surface area contributed by atoms with Gasteiger partial charge >= 0.3 is 5.76 Å². The van der Waals surface area contributed by atoms with Gasteiger partial charge < -0.3 is 9.52 Å². The summed E-state index contributed by atoms with van der Waals surface area (Å²) in [7, 11) is -4.10. The Kier molecular flexibility index (Phi) is 6.19. The first-order valence-corrected chi connectivity index (χ1v) is 11.2. The van der Waals surface area contributed by atoms with Crippen molar-refractivity contribution >= 4 is 10.2 Å². The number of β-amino-alcohol motifs (C(OH)–C–C–N with tert-alkyl or cyclic N) is 1. The van der Waals surface area contributed by atoms with Crippen molar-refractivity contribution in [3.63, 3.8) is 0 Å². The third kappa shape index (κ3) is 4.64. The maximum absolute atomic E-state index is 14.7. The van der Waals surface area contributed by atoms with Crippen molar-refractivity contribution in [2.45, 2.75) is 58.1 Å². The minimum Gasteiger partial charge on any atom is -0.391 e. The van der Waals surface area contributed by atoms with Gasteiger partial charge in [-0.25, -0.2) is 14.3 Å². The first kappa shape index (κ1) is 22.6. The maximum atomic E-state index is 14.7. The molecule has 0 saturated carbocycles. The van der Waals surface area contributed by atoms with Crippen LogP contribution in [0.4, 0.5) is 4.39 Å². The van der Waals surface area contributed by atoms with E-state index in [9.17, 15) is 22.7 Å². The minimum absolute atomic E-state index is 0.0776. The summed E-state index contributed by atoms with van der Waals surface area (Å²) in [4.78, 5) is 11.5. The molecule has 166 valence electrons. The van der Waals surface area contributed by atoms with Crippen molar-refractivity contribution in [2.24, 2.45) is 0 Å². The highest BCUT2D eigenvalue weighted by Crippen LogP contribution is 2.35. The second-order valence-electron chi connectivity index (χ2n) is 8.18. The van der Waals surface area contributed by atoms with E-state index in [0.717, 1.165) is 9.87 Å². The molecule has 30 heavy (non-hydrogen) atoms. The molecule has 1 aliphatic heterocycles. The van der Waals surface area contributed by atoms with Gasteiger partial charge in [0.05, 0.1) is 5.60 Å². The predicted molar refractivity (Wildman–Crippen MR) is 108 cm³/mol. The monoisotopic (exact) mass is 442 g/mol. The van der Waals surface area contributed by atoms with Crippen molar-refractivity contribution in [1.29, 1.82) is 0 Å². The number of aromatic amines is 1. The highest BCUT2D eigenvalue weighted by atomic mass is 32.2. The van der Waals surface area contributed by atoms with E-state index in [4.69, 9.17) is 4.42 Å². The Hall–Kier alpha value is -2.08. The fraction of sp³-hybridized carbons (Fsp3) is 0.579. The summed E-state index contributed by atoms with van der Waals surface area (Å²) in [6.45, 7) is 6.94. The number of aliphatic hydroxyl groups is 1. The number of halogens is 1. The number of H-pyrrole nitrogens is 1. The Morgan fingerprint density at radius 1 is 1.40 bits per heavy atom. The Morgan fingerprint density at radius 3 is 2.70 bits per heavy atom. The number of nitrogens with zero attached hydrogens (tertiary/aromatic N) is 2. The first-order valence-electron chi connectivity index (χ1n) is 9.72. The van der Waals surface area contributed by atoms with Crippen LogP contribution >= 0.6 is 0 Å². The number of hydrogen-bond acceptors (Lipinski definition) is 6. The molecule has 1 aliphatic rings. The van der Waals surface area contributed by atoms with Crippen molar-refractivity contribution in [2.75, 3.05) is 13.1 Å². The van der Waals surface area contributed by atoms with E-state index in [2.05, 4.69) is 14.9 Å². The highest BCUT2D eigenvalue weighted by Gasteiger charge is 2.39. The van der Waals surface area contributed by atoms with Gasteiger partial charge in [0.2, 0.25) is 5.89 Å². The molecule has 1 aromatic carbocycles. The van der Waals surface area contributed by atoms with E-state index >= 15 is 0 Å². The molecule has 0 radical (unpaired) electrons. The van der Waals surface area contributed by atoms with E-state index in [1.54, 1.807) is 26.8 Å². The number of aromatic nitrogens is 2. The van der Waals surface area contributed by atoms with E-state index in [1.807, 2.05) is 6.92 Å². The van der Waals surface area contributed by atoms with Gasteiger partial charge in [-0.2, -0.15) is 17.4 Å². The Labute approximate surface area is 174 Å². The zero-order valence-electron chi connectivity index (χ0n) is 17.4. The van der Waals surface area contributed by atoms with Crippen LogP contribution in [-0.4, -0.2) is 46.7 Å². The lowest BCUT2D eigenvalue weighted by Gasteiger charge is -2.37. The highest BCUT2D eigenvalue weighted by molar-refractivity contribution is 7.87. The van der Waals surface area contributed by atoms with Crippen LogP contribution in [0.15, 0.2) is 21.3 Å². The molecule has 9 nitrogen and oxygen atoms in total. The topological polar surface area (TPSA) is 129 Å². The quantitative estimate of drug-likeness (QED) is 0.624. The summed E-state index contributed by atoms with van der Waals surface area (Å²) in [5.41, 5.74) is 0.673. The lowest BCUT2D eigenvalue weighted by Crippen LogP contribution is -2.52. The Balaban J connectivity index is 2.00. The molecule has 0 unspecified atom stereocenters. The molecular formula is C19H27FN4O5S. The van der Waals surface area contributed by atoms with E-state index < -0.39 is 39.3 Å². The van der Waals surface area contributed by atoms with E-state index in [0.29, 0.717) is 24.0 Å². The lowest BCUT2D eigenvalue weighted by atomic mass is 9.88. The molecule has 2 aromatic rings. The van der Waals surface area contributed by atoms with Crippen molar-refractivity contribution in [3.05, 3.63) is 51.1 Å². The number of nitrogens with one attached hydrogen (secondary N) is 2. The summed E-state index contributed by atoms with van der Waals surface area (Å²) < 4.78 is 49.6. The van der Waals surface area contributed by atoms with Crippen molar-refractivity contribution in [1.82, 2.24) is 19.2 Å². The largest absolute Gasteiger partial charge is 0.434 e. The van der Waals surface area contributed by atoms with E-state index in [1.165, 1.54) is 6.07 Å². The van der Waals surface area contributed by atoms with Crippen LogP contribution < -0.4 is 10.5 Å². The molecule has 1 saturated heterocycles. The van der Waals surface area contributed by atoms with Crippen LogP contribution in [0, 0.1) is 19.7 Å². The summed E-state index contributed by atoms with van der Waals surface area (Å²) in [6.07, 6.45) is 0.984. The van der Waals surface area contributed by atoms with Crippen LogP contribution in [-0.2, 0) is 10.2 Å². The summed E-state index contributed by atoms with van der Waals surface area (Å²) in [6, 6.07) is 1.82. The molecule has 1 fully saturated rings. The molecule has 0 bridgehead atoms. The molecule has 0 aliphatic carbocycles. The van der Waals surface area contributed by atoms with Gasteiger partial charge in [-0.1, -0.05) is 13.0 Å². The number of piperidine rings is 1. The van der Waals surface area contributed by atoms with Gasteiger partial charge in [0, 0.05) is 19.0 Å². The van der Waals surface area contributed by atoms with Crippen LogP contribution in [0.25, 0.3) is 0 Å². The molecule has 3 atom stereocenters. The SMILES string of the molecule is Cc1ccc(F)c([C@H](C)[C@H](NS(=O)(=O)N2CCC[C@](C)(O)C2)c2n[nH]c(=O)o2)c1C. The molecular weight excluding hydrogens is 415 g/mol. The van der Waals surface area contributed by atoms with Crippen molar-refractivity contribution in [3.8, 4) is 0 Å². The summed E-state index contributed by atoms with van der Waals surface area (Å²) in [5.74, 6) is -2.27. The predicted octanol–water partition coefficient (Wildman–Crippen LogP) is 1.64. The fourth-order valence-corrected chi connectivity index (χ4v) is 5.48. The first-order chi connectivity index (χ1) is 13.9. The summed E-state index contributed by atoms with van der Waals surface area (Å²) in [5, 5.41) is 16.2. The molecule has 11 heteroatoms. The van der Waals surface area contributed by atoms with Gasteiger partial charge in [0.25, 0.3) is 10.2 Å². The van der Waals surface area contributed by atoms with Gasteiger partial charge in [-0.15, -0.1) is 5.10 Å². The Morgan fingerprint density at radius 2 is 2.10 bits per heavy atom. The minimum atomic E-state index is -4.10. The lowest BCUT2D eigenvalue weighted by molar-refractivity contribution is 0.00890. The van der Waals surface area contributed by atoms with Crippen LogP contribution in [0.3, 0.4) is 0 Å². The van der Waals surface area contributed by atoms with Gasteiger partial charge in [-0.3, -0.25) is 0 Å². The van der Waals surface area contributed by atoms with Crippen LogP contribution in [0.2, 0.25) is 0 Å². The van der Waals surface area contributed by atoms with Crippen LogP contribution in [0.1, 0.15) is 61.2 Å². The number of benzene rings is 1. The normalized spacial score (nSPS) is 22.7. The van der Waals surface area contributed by atoms with Gasteiger partial charge in [-0.05, 0) is 56.4 Å². The second kappa shape index (κ2) is 8.22. The zero-order chi connectivity index (χ0) is 22.3. The molecule has 0 spiro atoms. The zero-order valence-corrected chi connectivity index (χ0v) is 18.2. The maximum Gasteiger partial charge on any atom is 0.434 e. The molecule has 0 amide bonds. The number of aryl methyl sites for hydroxylation is 1. The average Bonchev–Trinajstić information content (AvgIpc) is 3.08. The molecule has 3 N–H and O–H groups in total. The molecule has 1 aromatic heterocycles. The van der Waals surface area contributed by atoms with Gasteiger partial charge in [0.1, 0.15) is 11.9 Å². The van der Waals surface area contributed by atoms with Crippen molar-refractivity contribution < 1.29 is 22.3 Å². The third-order valence-corrected chi connectivity index (χ3v) is 7.21. The van der Waals surface area contributed by atoms with Crippen LogP contribution in [0.5, 0.6) is 0 Å². The fourth-order valence-electron chi connectivity index (χ4n) is 3.89. The Bertz CT molecular complexity index is 1080. The van der Waals surface area contributed by atoms with Gasteiger partial charge in [0.15, 0.2) is 0 Å². The molecule has 3 rings (SSSR count). The smallest absolute Gasteiger partial charge is 0.391 e.